The maximum Gasteiger partial charge on any atom is 0.224 e. The molecule has 0 bridgehead atoms. The van der Waals surface area contributed by atoms with E-state index in [9.17, 15) is 5.11 Å². The molecule has 6 heteroatoms. The van der Waals surface area contributed by atoms with Crippen LogP contribution < -0.4 is 10.2 Å². The first-order valence-electron chi connectivity index (χ1n) is 7.88. The number of fused-ring (bicyclic) bond motifs is 1. The minimum absolute atomic E-state index is 0.609. The molecule has 122 valence electrons. The number of anilines is 2. The fourth-order valence-corrected chi connectivity index (χ4v) is 3.76. The topological polar surface area (TPSA) is 61.3 Å². The van der Waals surface area contributed by atoms with Crippen LogP contribution in [0.2, 0.25) is 0 Å². The van der Waals surface area contributed by atoms with Gasteiger partial charge < -0.3 is 15.3 Å². The average Bonchev–Trinajstić information content (AvgIpc) is 2.93. The van der Waals surface area contributed by atoms with Gasteiger partial charge in [-0.1, -0.05) is 0 Å². The monoisotopic (exact) mass is 330 g/mol. The highest BCUT2D eigenvalue weighted by atomic mass is 32.1. The molecule has 1 aliphatic rings. The second-order valence-electron chi connectivity index (χ2n) is 5.63. The number of rotatable bonds is 4. The Hall–Kier alpha value is -1.92. The van der Waals surface area contributed by atoms with Crippen LogP contribution in [-0.2, 0) is 0 Å². The van der Waals surface area contributed by atoms with E-state index in [1.807, 2.05) is 31.7 Å². The number of thiophene rings is 1. The first-order chi connectivity index (χ1) is 11.1. The highest BCUT2D eigenvalue weighted by Crippen LogP contribution is 2.38. The van der Waals surface area contributed by atoms with E-state index in [1.54, 1.807) is 11.3 Å². The summed E-state index contributed by atoms with van der Waals surface area (Å²) in [4.78, 5) is 11.1. The summed E-state index contributed by atoms with van der Waals surface area (Å²) in [6.45, 7) is 9.55. The van der Waals surface area contributed by atoms with E-state index in [-0.39, 0.29) is 0 Å². The van der Waals surface area contributed by atoms with E-state index in [0.29, 0.717) is 12.5 Å². The summed E-state index contributed by atoms with van der Waals surface area (Å²) >= 11 is 1.65. The zero-order valence-corrected chi connectivity index (χ0v) is 14.7. The molecule has 1 unspecified atom stereocenters. The van der Waals surface area contributed by atoms with Gasteiger partial charge in [-0.2, -0.15) is 16.3 Å². The average molecular weight is 330 g/mol. The van der Waals surface area contributed by atoms with Crippen molar-refractivity contribution in [2.45, 2.75) is 33.9 Å². The Morgan fingerprint density at radius 2 is 2.04 bits per heavy atom. The van der Waals surface area contributed by atoms with Gasteiger partial charge in [0.15, 0.2) is 6.23 Å². The summed E-state index contributed by atoms with van der Waals surface area (Å²) in [7, 11) is 0. The molecule has 0 radical (unpaired) electrons. The van der Waals surface area contributed by atoms with Gasteiger partial charge in [0.25, 0.3) is 0 Å². The van der Waals surface area contributed by atoms with Gasteiger partial charge in [0.05, 0.1) is 5.69 Å². The van der Waals surface area contributed by atoms with Crippen molar-refractivity contribution in [1.29, 1.82) is 0 Å². The Bertz CT molecular complexity index is 753. The van der Waals surface area contributed by atoms with Gasteiger partial charge >= 0.3 is 0 Å². The van der Waals surface area contributed by atoms with Crippen LogP contribution >= 0.6 is 11.3 Å². The predicted octanol–water partition coefficient (Wildman–Crippen LogP) is 3.29. The van der Waals surface area contributed by atoms with Crippen LogP contribution in [-0.4, -0.2) is 34.4 Å². The van der Waals surface area contributed by atoms with Gasteiger partial charge in [-0.3, -0.25) is 0 Å². The summed E-state index contributed by atoms with van der Waals surface area (Å²) in [6, 6.07) is 0. The molecule has 0 aliphatic carbocycles. The van der Waals surface area contributed by atoms with Crippen molar-refractivity contribution in [2.75, 3.05) is 23.3 Å². The first-order valence-corrected chi connectivity index (χ1v) is 8.83. The van der Waals surface area contributed by atoms with Crippen LogP contribution in [0.25, 0.3) is 11.6 Å². The van der Waals surface area contributed by atoms with Gasteiger partial charge in [0.1, 0.15) is 5.82 Å². The van der Waals surface area contributed by atoms with Crippen molar-refractivity contribution in [1.82, 2.24) is 9.97 Å². The van der Waals surface area contributed by atoms with E-state index < -0.39 is 6.23 Å². The van der Waals surface area contributed by atoms with Crippen LogP contribution in [0.3, 0.4) is 0 Å². The number of hydrogen-bond acceptors (Lipinski definition) is 6. The number of aliphatic hydroxyl groups excluding tert-OH is 1. The lowest BCUT2D eigenvalue weighted by Crippen LogP contribution is -2.39. The normalized spacial score (nSPS) is 17.0. The fourth-order valence-electron chi connectivity index (χ4n) is 2.90. The third-order valence-corrected chi connectivity index (χ3v) is 4.96. The molecular weight excluding hydrogens is 308 g/mol. The standard InChI is InChI=1S/C17H22N4OS/c1-5-18-17-19-11(4)12-7-13(14-9-23-8-10(14)3)16(22)21(6-2)15(12)20-17/h7-9,16,22H,5-6H2,1-4H3,(H,18,19,20). The van der Waals surface area contributed by atoms with Gasteiger partial charge in [-0.15, -0.1) is 0 Å². The third kappa shape index (κ3) is 2.72. The molecule has 5 nitrogen and oxygen atoms in total. The number of aryl methyl sites for hydroxylation is 2. The number of nitrogens with one attached hydrogen (secondary N) is 1. The number of aliphatic hydroxyl groups is 1. The van der Waals surface area contributed by atoms with E-state index in [0.717, 1.165) is 34.8 Å². The zero-order valence-electron chi connectivity index (χ0n) is 13.9. The third-order valence-electron chi connectivity index (χ3n) is 4.10. The maximum absolute atomic E-state index is 10.9. The Morgan fingerprint density at radius 1 is 1.26 bits per heavy atom. The molecule has 2 aromatic heterocycles. The molecule has 0 saturated heterocycles. The van der Waals surface area contributed by atoms with Crippen molar-refractivity contribution < 1.29 is 5.11 Å². The first kappa shape index (κ1) is 16.0. The molecule has 2 aromatic rings. The summed E-state index contributed by atoms with van der Waals surface area (Å²) in [6.07, 6.45) is 1.34. The minimum Gasteiger partial charge on any atom is -0.369 e. The summed E-state index contributed by atoms with van der Waals surface area (Å²) in [5.74, 6) is 1.40. The number of aromatic nitrogens is 2. The zero-order chi connectivity index (χ0) is 16.6. The molecule has 23 heavy (non-hydrogen) atoms. The van der Waals surface area contributed by atoms with E-state index in [2.05, 4.69) is 33.0 Å². The lowest BCUT2D eigenvalue weighted by Gasteiger charge is -2.35. The minimum atomic E-state index is -0.690. The second-order valence-corrected chi connectivity index (χ2v) is 6.37. The number of likely N-dealkylation sites (N-methyl/N-ethyl adjacent to an activating group) is 1. The van der Waals surface area contributed by atoms with Crippen molar-refractivity contribution in [2.24, 2.45) is 0 Å². The predicted molar refractivity (Wildman–Crippen MR) is 96.9 cm³/mol. The smallest absolute Gasteiger partial charge is 0.224 e. The Kier molecular flexibility index (Phi) is 4.37. The van der Waals surface area contributed by atoms with Crippen LogP contribution in [0.4, 0.5) is 11.8 Å². The second kappa shape index (κ2) is 6.29. The van der Waals surface area contributed by atoms with Crippen molar-refractivity contribution in [3.8, 4) is 0 Å². The highest BCUT2D eigenvalue weighted by Gasteiger charge is 2.30. The van der Waals surface area contributed by atoms with Gasteiger partial charge in [0.2, 0.25) is 5.95 Å². The SMILES string of the molecule is CCNc1nc(C)c2c(n1)N(CC)C(O)C(c1cscc1C)=C2. The molecule has 3 rings (SSSR count). The highest BCUT2D eigenvalue weighted by molar-refractivity contribution is 7.08. The van der Waals surface area contributed by atoms with Crippen LogP contribution in [0.15, 0.2) is 10.8 Å². The molecule has 0 spiro atoms. The Labute approximate surface area is 140 Å². The van der Waals surface area contributed by atoms with E-state index in [4.69, 9.17) is 0 Å². The molecule has 1 atom stereocenters. The molecule has 0 aromatic carbocycles. The van der Waals surface area contributed by atoms with Gasteiger partial charge in [0, 0.05) is 24.2 Å². The molecule has 0 saturated carbocycles. The molecule has 0 amide bonds. The summed E-state index contributed by atoms with van der Waals surface area (Å²) in [5, 5.41) is 18.2. The molecule has 2 N–H and O–H groups in total. The van der Waals surface area contributed by atoms with Crippen LogP contribution in [0.5, 0.6) is 0 Å². The van der Waals surface area contributed by atoms with Crippen LogP contribution in [0.1, 0.15) is 36.2 Å². The Balaban J connectivity index is 2.17. The number of hydrogen-bond donors (Lipinski definition) is 2. The molecule has 0 fully saturated rings. The lowest BCUT2D eigenvalue weighted by molar-refractivity contribution is 0.225. The van der Waals surface area contributed by atoms with Crippen molar-refractivity contribution in [3.63, 3.8) is 0 Å². The largest absolute Gasteiger partial charge is 0.369 e. The molecule has 1 aliphatic heterocycles. The number of nitrogens with zero attached hydrogens (tertiary/aromatic N) is 3. The fraction of sp³-hybridized carbons (Fsp3) is 0.412. The Morgan fingerprint density at radius 3 is 2.65 bits per heavy atom. The maximum atomic E-state index is 10.9. The molecule has 3 heterocycles. The summed E-state index contributed by atoms with van der Waals surface area (Å²) in [5.41, 5.74) is 5.10. The van der Waals surface area contributed by atoms with Gasteiger partial charge in [-0.05, 0) is 55.7 Å². The quantitative estimate of drug-likeness (QED) is 0.901. The summed E-state index contributed by atoms with van der Waals surface area (Å²) < 4.78 is 0. The van der Waals surface area contributed by atoms with Crippen molar-refractivity contribution in [3.05, 3.63) is 33.1 Å². The van der Waals surface area contributed by atoms with Crippen LogP contribution in [0, 0.1) is 13.8 Å². The van der Waals surface area contributed by atoms with Gasteiger partial charge in [-0.25, -0.2) is 4.98 Å². The van der Waals surface area contributed by atoms with Crippen molar-refractivity contribution >= 4 is 34.8 Å². The molecular formula is C17H22N4OS. The van der Waals surface area contributed by atoms with E-state index in [1.165, 1.54) is 5.56 Å². The van der Waals surface area contributed by atoms with E-state index >= 15 is 0 Å². The lowest BCUT2D eigenvalue weighted by atomic mass is 9.96.